The second kappa shape index (κ2) is 10.7. The Kier molecular flexibility index (Phi) is 8.59. The molecular formula is C25H30F4N2O5. The van der Waals surface area contributed by atoms with E-state index in [1.165, 1.54) is 20.9 Å². The first kappa shape index (κ1) is 28.9. The van der Waals surface area contributed by atoms with Gasteiger partial charge in [0.05, 0.1) is 30.2 Å². The second-order valence-electron chi connectivity index (χ2n) is 9.34. The van der Waals surface area contributed by atoms with E-state index >= 15 is 4.39 Å². The van der Waals surface area contributed by atoms with E-state index in [9.17, 15) is 27.6 Å². The van der Waals surface area contributed by atoms with Crippen LogP contribution in [0, 0.1) is 19.7 Å². The van der Waals surface area contributed by atoms with Crippen LogP contribution in [0.15, 0.2) is 23.0 Å². The fraction of sp³-hybridized carbons (Fsp3) is 0.480. The molecule has 0 radical (unpaired) electrons. The highest BCUT2D eigenvalue weighted by molar-refractivity contribution is 5.75. The van der Waals surface area contributed by atoms with Crippen molar-refractivity contribution in [1.29, 1.82) is 0 Å². The van der Waals surface area contributed by atoms with Crippen LogP contribution in [-0.2, 0) is 27.5 Å². The lowest BCUT2D eigenvalue weighted by molar-refractivity contribution is -0.143. The van der Waals surface area contributed by atoms with Crippen LogP contribution in [0.5, 0.6) is 0 Å². The van der Waals surface area contributed by atoms with Crippen molar-refractivity contribution in [3.05, 3.63) is 56.8 Å². The van der Waals surface area contributed by atoms with E-state index in [0.29, 0.717) is 0 Å². The molecule has 1 heterocycles. The molecule has 0 aliphatic rings. The van der Waals surface area contributed by atoms with Crippen LogP contribution >= 0.6 is 0 Å². The molecule has 11 heteroatoms. The van der Waals surface area contributed by atoms with Gasteiger partial charge in [-0.05, 0) is 70.9 Å². The minimum Gasteiger partial charge on any atom is -0.466 e. The summed E-state index contributed by atoms with van der Waals surface area (Å²) < 4.78 is 68.2. The zero-order chi connectivity index (χ0) is 27.6. The largest absolute Gasteiger partial charge is 0.466 e. The van der Waals surface area contributed by atoms with E-state index in [0.717, 1.165) is 22.8 Å². The highest BCUT2D eigenvalue weighted by Crippen LogP contribution is 2.37. The molecule has 7 nitrogen and oxygen atoms in total. The maximum atomic E-state index is 15.3. The van der Waals surface area contributed by atoms with Crippen molar-refractivity contribution in [2.45, 2.75) is 65.8 Å². The molecule has 36 heavy (non-hydrogen) atoms. The Balaban J connectivity index is 2.76. The number of pyridine rings is 1. The SMILES string of the molecule is CCOC(=O)CC(NC(=O)OC(C)(C)C)c1cc(-c2c(C(F)(F)F)cc(C)n(C)c2=O)cc(C)c1F. The van der Waals surface area contributed by atoms with E-state index in [1.807, 2.05) is 0 Å². The molecule has 1 N–H and O–H groups in total. The van der Waals surface area contributed by atoms with E-state index in [2.05, 4.69) is 5.32 Å². The lowest BCUT2D eigenvalue weighted by Gasteiger charge is -2.25. The summed E-state index contributed by atoms with van der Waals surface area (Å²) in [5.74, 6) is -1.63. The number of carbonyl (C=O) groups is 2. The number of ether oxygens (including phenoxy) is 2. The van der Waals surface area contributed by atoms with Gasteiger partial charge in [0.15, 0.2) is 0 Å². The van der Waals surface area contributed by atoms with Crippen LogP contribution in [0.3, 0.4) is 0 Å². The number of esters is 1. The van der Waals surface area contributed by atoms with Crippen LogP contribution in [0.2, 0.25) is 0 Å². The molecule has 0 aliphatic carbocycles. The summed E-state index contributed by atoms with van der Waals surface area (Å²) >= 11 is 0. The zero-order valence-electron chi connectivity index (χ0n) is 21.2. The Morgan fingerprint density at radius 1 is 1.11 bits per heavy atom. The molecule has 0 saturated carbocycles. The lowest BCUT2D eigenvalue weighted by Crippen LogP contribution is -2.36. The van der Waals surface area contributed by atoms with Crippen molar-refractivity contribution < 1.29 is 36.6 Å². The molecule has 1 amide bonds. The molecular weight excluding hydrogens is 484 g/mol. The Hall–Kier alpha value is -3.37. The highest BCUT2D eigenvalue weighted by atomic mass is 19.4. The molecule has 1 aromatic heterocycles. The molecule has 0 aliphatic heterocycles. The Morgan fingerprint density at radius 3 is 2.25 bits per heavy atom. The van der Waals surface area contributed by atoms with E-state index in [4.69, 9.17) is 9.47 Å². The summed E-state index contributed by atoms with van der Waals surface area (Å²) in [6.45, 7) is 9.06. The fourth-order valence-electron chi connectivity index (χ4n) is 3.59. The molecule has 0 saturated heterocycles. The maximum Gasteiger partial charge on any atom is 0.417 e. The van der Waals surface area contributed by atoms with Gasteiger partial charge in [-0.15, -0.1) is 0 Å². The van der Waals surface area contributed by atoms with Gasteiger partial charge in [-0.3, -0.25) is 9.59 Å². The Labute approximate surface area is 206 Å². The Morgan fingerprint density at radius 2 is 1.72 bits per heavy atom. The number of alkyl carbamates (subject to hydrolysis) is 1. The number of aromatic nitrogens is 1. The minimum atomic E-state index is -4.87. The van der Waals surface area contributed by atoms with E-state index in [1.54, 1.807) is 27.7 Å². The molecule has 1 atom stereocenters. The van der Waals surface area contributed by atoms with E-state index < -0.39 is 58.8 Å². The predicted molar refractivity (Wildman–Crippen MR) is 125 cm³/mol. The third-order valence-electron chi connectivity index (χ3n) is 5.29. The number of alkyl halides is 3. The van der Waals surface area contributed by atoms with Gasteiger partial charge in [0.25, 0.3) is 5.56 Å². The van der Waals surface area contributed by atoms with Gasteiger partial charge < -0.3 is 19.4 Å². The molecule has 1 aromatic carbocycles. The third-order valence-corrected chi connectivity index (χ3v) is 5.29. The smallest absolute Gasteiger partial charge is 0.417 e. The van der Waals surface area contributed by atoms with Crippen molar-refractivity contribution in [2.75, 3.05) is 6.61 Å². The topological polar surface area (TPSA) is 86.6 Å². The number of carbonyl (C=O) groups excluding carboxylic acids is 2. The number of halogens is 4. The average Bonchev–Trinajstić information content (AvgIpc) is 2.71. The van der Waals surface area contributed by atoms with Gasteiger partial charge in [0, 0.05) is 18.3 Å². The van der Waals surface area contributed by atoms with Crippen LogP contribution in [0.4, 0.5) is 22.4 Å². The second-order valence-corrected chi connectivity index (χ2v) is 9.34. The first-order valence-electron chi connectivity index (χ1n) is 11.2. The standard InChI is InChI=1S/C25H30F4N2O5/c1-8-35-19(32)12-18(30-23(34)36-24(4,5)6)16-11-15(9-13(2)21(16)26)20-17(25(27,28)29)10-14(3)31(7)22(20)33/h9-11,18H,8,12H2,1-7H3,(H,30,34). The van der Waals surface area contributed by atoms with Crippen LogP contribution < -0.4 is 10.9 Å². The average molecular weight is 515 g/mol. The third kappa shape index (κ3) is 6.86. The van der Waals surface area contributed by atoms with Gasteiger partial charge in [-0.1, -0.05) is 0 Å². The number of hydrogen-bond donors (Lipinski definition) is 1. The first-order valence-corrected chi connectivity index (χ1v) is 11.2. The molecule has 1 unspecified atom stereocenters. The molecule has 0 spiro atoms. The summed E-state index contributed by atoms with van der Waals surface area (Å²) in [7, 11) is 1.33. The fourth-order valence-corrected chi connectivity index (χ4v) is 3.59. The number of benzene rings is 1. The summed E-state index contributed by atoms with van der Waals surface area (Å²) in [6.07, 6.45) is -6.36. The zero-order valence-corrected chi connectivity index (χ0v) is 21.2. The first-order chi connectivity index (χ1) is 16.5. The number of amides is 1. The van der Waals surface area contributed by atoms with Gasteiger partial charge in [-0.25, -0.2) is 9.18 Å². The van der Waals surface area contributed by atoms with Gasteiger partial charge >= 0.3 is 18.2 Å². The van der Waals surface area contributed by atoms with Gasteiger partial charge in [0.1, 0.15) is 11.4 Å². The summed E-state index contributed by atoms with van der Waals surface area (Å²) in [5, 5.41) is 2.40. The molecule has 2 rings (SSSR count). The van der Waals surface area contributed by atoms with Crippen LogP contribution in [-0.4, -0.2) is 28.8 Å². The van der Waals surface area contributed by atoms with E-state index in [-0.39, 0.29) is 29.0 Å². The van der Waals surface area contributed by atoms with Crippen LogP contribution in [0.25, 0.3) is 11.1 Å². The summed E-state index contributed by atoms with van der Waals surface area (Å²) in [6, 6.07) is 1.64. The summed E-state index contributed by atoms with van der Waals surface area (Å²) in [5.41, 5.74) is -4.20. The number of hydrogen-bond acceptors (Lipinski definition) is 5. The number of aryl methyl sites for hydroxylation is 2. The van der Waals surface area contributed by atoms with Gasteiger partial charge in [0.2, 0.25) is 0 Å². The quantitative estimate of drug-likeness (QED) is 0.415. The Bertz CT molecular complexity index is 1210. The number of nitrogens with zero attached hydrogens (tertiary/aromatic N) is 1. The van der Waals surface area contributed by atoms with Crippen molar-refractivity contribution in [2.24, 2.45) is 7.05 Å². The summed E-state index contributed by atoms with van der Waals surface area (Å²) in [4.78, 5) is 37.6. The number of nitrogens with one attached hydrogen (secondary N) is 1. The lowest BCUT2D eigenvalue weighted by atomic mass is 9.92. The van der Waals surface area contributed by atoms with Crippen molar-refractivity contribution in [1.82, 2.24) is 9.88 Å². The van der Waals surface area contributed by atoms with Crippen molar-refractivity contribution >= 4 is 12.1 Å². The number of rotatable bonds is 6. The van der Waals surface area contributed by atoms with Crippen molar-refractivity contribution in [3.63, 3.8) is 0 Å². The molecule has 0 bridgehead atoms. The van der Waals surface area contributed by atoms with Gasteiger partial charge in [-0.2, -0.15) is 13.2 Å². The maximum absolute atomic E-state index is 15.3. The highest BCUT2D eigenvalue weighted by Gasteiger charge is 2.36. The monoisotopic (exact) mass is 514 g/mol. The molecule has 198 valence electrons. The van der Waals surface area contributed by atoms with Crippen molar-refractivity contribution in [3.8, 4) is 11.1 Å². The normalized spacial score (nSPS) is 12.8. The predicted octanol–water partition coefficient (Wildman–Crippen LogP) is 5.35. The van der Waals surface area contributed by atoms with Crippen LogP contribution in [0.1, 0.15) is 62.5 Å². The molecule has 0 fully saturated rings. The minimum absolute atomic E-state index is 0.0217. The molecule has 2 aromatic rings.